The number of rotatable bonds is 7. The van der Waals surface area contributed by atoms with Gasteiger partial charge in [0.15, 0.2) is 0 Å². The van der Waals surface area contributed by atoms with Gasteiger partial charge in [0.05, 0.1) is 6.42 Å². The molecule has 2 aromatic carbocycles. The van der Waals surface area contributed by atoms with Crippen LogP contribution in [0.1, 0.15) is 31.7 Å². The maximum atomic E-state index is 11.9. The Balaban J connectivity index is 0.000000503. The Kier molecular flexibility index (Phi) is 17.9. The highest BCUT2D eigenvalue weighted by molar-refractivity contribution is 5.79. The third-order valence-corrected chi connectivity index (χ3v) is 5.05. The third-order valence-electron chi connectivity index (χ3n) is 5.05. The Morgan fingerprint density at radius 3 is 1.85 bits per heavy atom. The molecule has 1 aliphatic heterocycles. The lowest BCUT2D eigenvalue weighted by atomic mass is 10.1. The van der Waals surface area contributed by atoms with Crippen molar-refractivity contribution >= 4 is 24.7 Å². The summed E-state index contributed by atoms with van der Waals surface area (Å²) in [7, 11) is 6.25. The molecule has 0 bridgehead atoms. The topological polar surface area (TPSA) is 60.9 Å². The SMILES string of the molecule is C=O.CCN(CCC=O)C(=O)Cc1ccccc1.CN(C)c1ccccc1.CN1CCCC1. The van der Waals surface area contributed by atoms with Crippen molar-refractivity contribution in [3.05, 3.63) is 66.2 Å². The van der Waals surface area contributed by atoms with E-state index in [9.17, 15) is 9.59 Å². The molecule has 0 N–H and O–H groups in total. The zero-order valence-electron chi connectivity index (χ0n) is 20.8. The van der Waals surface area contributed by atoms with E-state index >= 15 is 0 Å². The predicted octanol–water partition coefficient (Wildman–Crippen LogP) is 3.95. The van der Waals surface area contributed by atoms with Crippen LogP contribution in [0.4, 0.5) is 5.69 Å². The summed E-state index contributed by atoms with van der Waals surface area (Å²) in [5.74, 6) is 0.0792. The van der Waals surface area contributed by atoms with Gasteiger partial charge >= 0.3 is 0 Å². The van der Waals surface area contributed by atoms with Crippen LogP contribution in [0.15, 0.2) is 60.7 Å². The molecular weight excluding hydrogens is 414 g/mol. The highest BCUT2D eigenvalue weighted by Crippen LogP contribution is 2.07. The van der Waals surface area contributed by atoms with Crippen LogP contribution in [0.3, 0.4) is 0 Å². The van der Waals surface area contributed by atoms with Crippen molar-refractivity contribution in [3.8, 4) is 0 Å². The first-order valence-electron chi connectivity index (χ1n) is 11.4. The molecule has 0 unspecified atom stereocenters. The lowest BCUT2D eigenvalue weighted by Gasteiger charge is -2.19. The van der Waals surface area contributed by atoms with Crippen LogP contribution in [0.5, 0.6) is 0 Å². The van der Waals surface area contributed by atoms with Crippen LogP contribution >= 0.6 is 0 Å². The second-order valence-electron chi connectivity index (χ2n) is 7.83. The molecule has 2 aromatic rings. The summed E-state index contributed by atoms with van der Waals surface area (Å²) in [6.45, 7) is 7.73. The number of carbonyl (C=O) groups excluding carboxylic acids is 3. The molecule has 1 amide bonds. The molecule has 0 atom stereocenters. The number of likely N-dealkylation sites (N-methyl/N-ethyl adjacent to an activating group) is 1. The molecule has 1 heterocycles. The smallest absolute Gasteiger partial charge is 0.226 e. The van der Waals surface area contributed by atoms with Gasteiger partial charge < -0.3 is 24.3 Å². The van der Waals surface area contributed by atoms with E-state index in [4.69, 9.17) is 4.79 Å². The van der Waals surface area contributed by atoms with Gasteiger partial charge in [0.1, 0.15) is 13.1 Å². The highest BCUT2D eigenvalue weighted by Gasteiger charge is 2.11. The molecule has 0 aromatic heterocycles. The fraction of sp³-hybridized carbons (Fsp3) is 0.444. The minimum atomic E-state index is 0.0792. The van der Waals surface area contributed by atoms with Gasteiger partial charge in [-0.05, 0) is 57.6 Å². The van der Waals surface area contributed by atoms with Crippen molar-refractivity contribution in [2.24, 2.45) is 0 Å². The van der Waals surface area contributed by atoms with Crippen molar-refractivity contribution in [2.75, 3.05) is 52.2 Å². The number of likely N-dealkylation sites (tertiary alicyclic amines) is 1. The molecule has 0 saturated carbocycles. The zero-order valence-corrected chi connectivity index (χ0v) is 20.8. The molecule has 1 aliphatic rings. The maximum Gasteiger partial charge on any atom is 0.226 e. The van der Waals surface area contributed by atoms with Gasteiger partial charge in [-0.2, -0.15) is 0 Å². The minimum absolute atomic E-state index is 0.0792. The average molecular weight is 456 g/mol. The Hall–Kier alpha value is -2.99. The fourth-order valence-electron chi connectivity index (χ4n) is 3.15. The van der Waals surface area contributed by atoms with Crippen LogP contribution in [-0.4, -0.2) is 76.1 Å². The molecule has 0 spiro atoms. The van der Waals surface area contributed by atoms with Gasteiger partial charge in [0.2, 0.25) is 5.91 Å². The summed E-state index contributed by atoms with van der Waals surface area (Å²) in [4.78, 5) is 36.3. The normalized spacial score (nSPS) is 12.0. The van der Waals surface area contributed by atoms with Crippen LogP contribution in [0.2, 0.25) is 0 Å². The molecule has 1 saturated heterocycles. The fourth-order valence-corrected chi connectivity index (χ4v) is 3.15. The number of aldehydes is 1. The van der Waals surface area contributed by atoms with Gasteiger partial charge in [-0.3, -0.25) is 4.79 Å². The van der Waals surface area contributed by atoms with E-state index in [0.717, 1.165) is 11.8 Å². The van der Waals surface area contributed by atoms with Gasteiger partial charge in [0.25, 0.3) is 0 Å². The number of para-hydroxylation sites is 1. The van der Waals surface area contributed by atoms with Crippen molar-refractivity contribution < 1.29 is 14.4 Å². The number of hydrogen-bond donors (Lipinski definition) is 0. The van der Waals surface area contributed by atoms with E-state index in [0.29, 0.717) is 25.9 Å². The van der Waals surface area contributed by atoms with Crippen LogP contribution in [0, 0.1) is 0 Å². The van der Waals surface area contributed by atoms with Gasteiger partial charge in [0, 0.05) is 39.3 Å². The van der Waals surface area contributed by atoms with Gasteiger partial charge in [-0.1, -0.05) is 48.5 Å². The first-order chi connectivity index (χ1) is 16.0. The van der Waals surface area contributed by atoms with Crippen LogP contribution < -0.4 is 4.90 Å². The number of benzene rings is 2. The molecule has 6 nitrogen and oxygen atoms in total. The van der Waals surface area contributed by atoms with E-state index in [1.807, 2.05) is 76.3 Å². The second-order valence-corrected chi connectivity index (χ2v) is 7.83. The van der Waals surface area contributed by atoms with Crippen molar-refractivity contribution in [3.63, 3.8) is 0 Å². The van der Waals surface area contributed by atoms with Crippen molar-refractivity contribution in [1.82, 2.24) is 9.80 Å². The largest absolute Gasteiger partial charge is 0.378 e. The Morgan fingerprint density at radius 2 is 1.48 bits per heavy atom. The summed E-state index contributed by atoms with van der Waals surface area (Å²) in [6.07, 6.45) is 4.49. The van der Waals surface area contributed by atoms with E-state index < -0.39 is 0 Å². The van der Waals surface area contributed by atoms with E-state index in [2.05, 4.69) is 29.0 Å². The summed E-state index contributed by atoms with van der Waals surface area (Å²) in [5, 5.41) is 0. The molecule has 0 radical (unpaired) electrons. The highest BCUT2D eigenvalue weighted by atomic mass is 16.2. The number of anilines is 1. The Morgan fingerprint density at radius 1 is 0.970 bits per heavy atom. The number of amides is 1. The molecule has 33 heavy (non-hydrogen) atoms. The van der Waals surface area contributed by atoms with E-state index in [-0.39, 0.29) is 5.91 Å². The van der Waals surface area contributed by atoms with E-state index in [1.165, 1.54) is 31.6 Å². The molecule has 182 valence electrons. The summed E-state index contributed by atoms with van der Waals surface area (Å²) < 4.78 is 0. The number of hydrogen-bond acceptors (Lipinski definition) is 5. The van der Waals surface area contributed by atoms with Crippen molar-refractivity contribution in [1.29, 1.82) is 0 Å². The first kappa shape index (κ1) is 30.0. The predicted molar refractivity (Wildman–Crippen MR) is 138 cm³/mol. The third kappa shape index (κ3) is 14.6. The lowest BCUT2D eigenvalue weighted by Crippen LogP contribution is -2.33. The molecule has 1 fully saturated rings. The second kappa shape index (κ2) is 19.7. The quantitative estimate of drug-likeness (QED) is 0.592. The van der Waals surface area contributed by atoms with Crippen LogP contribution in [-0.2, 0) is 20.8 Å². The molecular formula is C27H41N3O3. The molecule has 0 aliphatic carbocycles. The Labute approximate surface area is 200 Å². The number of carbonyl (C=O) groups is 3. The van der Waals surface area contributed by atoms with Gasteiger partial charge in [-0.15, -0.1) is 0 Å². The monoisotopic (exact) mass is 455 g/mol. The number of nitrogens with zero attached hydrogens (tertiary/aromatic N) is 3. The average Bonchev–Trinajstić information content (AvgIpc) is 3.34. The maximum absolute atomic E-state index is 11.9. The standard InChI is InChI=1S/C13H17NO2.C8H11N.C5H11N.CH2O/c1-2-14(9-6-10-15)13(16)11-12-7-4-3-5-8-12;1-9(2)8-6-4-3-5-7-8;1-6-4-2-3-5-6;1-2/h3-5,7-8,10H,2,6,9,11H2,1H3;3-7H,1-2H3;2-5H2,1H3;1H2. The van der Waals surface area contributed by atoms with Crippen LogP contribution in [0.25, 0.3) is 0 Å². The lowest BCUT2D eigenvalue weighted by molar-refractivity contribution is -0.130. The van der Waals surface area contributed by atoms with Crippen molar-refractivity contribution in [2.45, 2.75) is 32.6 Å². The molecule has 6 heteroatoms. The van der Waals surface area contributed by atoms with E-state index in [1.54, 1.807) is 4.90 Å². The summed E-state index contributed by atoms with van der Waals surface area (Å²) in [5.41, 5.74) is 2.26. The van der Waals surface area contributed by atoms with Gasteiger partial charge in [-0.25, -0.2) is 0 Å². The summed E-state index contributed by atoms with van der Waals surface area (Å²) in [6, 6.07) is 19.9. The Bertz CT molecular complexity index is 733. The minimum Gasteiger partial charge on any atom is -0.378 e. The first-order valence-corrected chi connectivity index (χ1v) is 11.4. The molecule has 3 rings (SSSR count). The zero-order chi connectivity index (χ0) is 24.9. The summed E-state index contributed by atoms with van der Waals surface area (Å²) >= 11 is 0.